The number of carboxylic acids is 1. The molecule has 1 N–H and O–H groups in total. The van der Waals surface area contributed by atoms with Gasteiger partial charge in [-0.05, 0) is 47.7 Å². The molecule has 24 heavy (non-hydrogen) atoms. The Kier molecular flexibility index (Phi) is 4.96. The van der Waals surface area contributed by atoms with Gasteiger partial charge in [0.05, 0.1) is 11.5 Å². The summed E-state index contributed by atoms with van der Waals surface area (Å²) < 4.78 is 54.0. The van der Waals surface area contributed by atoms with E-state index in [0.29, 0.717) is 5.56 Å². The lowest BCUT2D eigenvalue weighted by molar-refractivity contribution is -0.140. The maximum absolute atomic E-state index is 13.7. The zero-order valence-corrected chi connectivity index (χ0v) is 13.1. The number of carboxylic acid groups (broad SMARTS) is 1. The van der Waals surface area contributed by atoms with Crippen LogP contribution in [0.1, 0.15) is 36.0 Å². The van der Waals surface area contributed by atoms with E-state index in [-0.39, 0.29) is 23.1 Å². The molecule has 128 valence electrons. The highest BCUT2D eigenvalue weighted by Gasteiger charge is 2.35. The maximum atomic E-state index is 13.7. The predicted octanol–water partition coefficient (Wildman–Crippen LogP) is 5.40. The van der Waals surface area contributed by atoms with E-state index in [4.69, 9.17) is 5.11 Å². The summed E-state index contributed by atoms with van der Waals surface area (Å²) in [6, 6.07) is 7.27. The topological polar surface area (TPSA) is 37.3 Å². The highest BCUT2D eigenvalue weighted by molar-refractivity contribution is 5.77. The van der Waals surface area contributed by atoms with Gasteiger partial charge in [-0.15, -0.1) is 0 Å². The molecule has 2 rings (SSSR count). The van der Waals surface area contributed by atoms with Crippen LogP contribution in [-0.4, -0.2) is 11.1 Å². The molecular formula is C18H16F4O2. The van der Waals surface area contributed by atoms with Crippen LogP contribution in [0.4, 0.5) is 17.6 Å². The molecule has 0 aliphatic rings. The van der Waals surface area contributed by atoms with E-state index >= 15 is 0 Å². The SMILES string of the molecule is CCC(C(=O)O)c1ccc(-c2ccc(C)c(F)c2)c(C(F)(F)F)c1. The molecule has 0 saturated carbocycles. The van der Waals surface area contributed by atoms with Crippen molar-refractivity contribution < 1.29 is 27.5 Å². The number of alkyl halides is 3. The summed E-state index contributed by atoms with van der Waals surface area (Å²) in [5, 5.41) is 9.14. The first-order valence-corrected chi connectivity index (χ1v) is 7.35. The summed E-state index contributed by atoms with van der Waals surface area (Å²) in [5.41, 5.74) is -0.636. The minimum Gasteiger partial charge on any atom is -0.481 e. The summed E-state index contributed by atoms with van der Waals surface area (Å²) >= 11 is 0. The first-order chi connectivity index (χ1) is 11.1. The van der Waals surface area contributed by atoms with Gasteiger partial charge < -0.3 is 5.11 Å². The number of aryl methyl sites for hydroxylation is 1. The molecule has 2 aromatic rings. The Morgan fingerprint density at radius 2 is 1.83 bits per heavy atom. The Morgan fingerprint density at radius 1 is 1.17 bits per heavy atom. The van der Waals surface area contributed by atoms with E-state index in [9.17, 15) is 22.4 Å². The molecule has 0 aliphatic carbocycles. The van der Waals surface area contributed by atoms with E-state index in [0.717, 1.165) is 12.1 Å². The minimum absolute atomic E-state index is 0.0775. The molecular weight excluding hydrogens is 324 g/mol. The second kappa shape index (κ2) is 6.63. The number of carbonyl (C=O) groups is 1. The van der Waals surface area contributed by atoms with Gasteiger partial charge >= 0.3 is 12.1 Å². The molecule has 0 bridgehead atoms. The summed E-state index contributed by atoms with van der Waals surface area (Å²) in [7, 11) is 0. The van der Waals surface area contributed by atoms with Gasteiger partial charge in [-0.2, -0.15) is 13.2 Å². The normalized spacial score (nSPS) is 12.9. The zero-order valence-electron chi connectivity index (χ0n) is 13.1. The molecule has 0 aliphatic heterocycles. The van der Waals surface area contributed by atoms with Crippen LogP contribution in [0.3, 0.4) is 0 Å². The minimum atomic E-state index is -4.68. The summed E-state index contributed by atoms with van der Waals surface area (Å²) in [6.07, 6.45) is -4.51. The standard InChI is InChI=1S/C18H16F4O2/c1-3-13(17(23)24)11-6-7-14(15(8-11)18(20,21)22)12-5-4-10(2)16(19)9-12/h4-9,13H,3H2,1-2H3,(H,23,24). The molecule has 0 aromatic heterocycles. The third kappa shape index (κ3) is 3.58. The molecule has 6 heteroatoms. The van der Waals surface area contributed by atoms with Crippen molar-refractivity contribution in [3.8, 4) is 11.1 Å². The van der Waals surface area contributed by atoms with Crippen molar-refractivity contribution >= 4 is 5.97 Å². The molecule has 0 amide bonds. The van der Waals surface area contributed by atoms with Gasteiger partial charge in [-0.1, -0.05) is 31.2 Å². The molecule has 2 nitrogen and oxygen atoms in total. The van der Waals surface area contributed by atoms with Crippen LogP contribution in [0.5, 0.6) is 0 Å². The Labute approximate surface area is 136 Å². The van der Waals surface area contributed by atoms with E-state index in [1.165, 1.54) is 31.2 Å². The van der Waals surface area contributed by atoms with E-state index in [2.05, 4.69) is 0 Å². The van der Waals surface area contributed by atoms with Crippen LogP contribution in [0.15, 0.2) is 36.4 Å². The molecule has 2 aromatic carbocycles. The Balaban J connectivity index is 2.64. The first kappa shape index (κ1) is 18.0. The highest BCUT2D eigenvalue weighted by atomic mass is 19.4. The second-order valence-corrected chi connectivity index (χ2v) is 5.57. The summed E-state index contributed by atoms with van der Waals surface area (Å²) in [5.74, 6) is -2.80. The number of aliphatic carboxylic acids is 1. The van der Waals surface area contributed by atoms with Gasteiger partial charge in [0.2, 0.25) is 0 Å². The maximum Gasteiger partial charge on any atom is 0.417 e. The van der Waals surface area contributed by atoms with Gasteiger partial charge in [0.1, 0.15) is 5.82 Å². The van der Waals surface area contributed by atoms with Crippen LogP contribution in [0.2, 0.25) is 0 Å². The Hall–Kier alpha value is -2.37. The van der Waals surface area contributed by atoms with Crippen LogP contribution in [-0.2, 0) is 11.0 Å². The van der Waals surface area contributed by atoms with Crippen molar-refractivity contribution in [2.24, 2.45) is 0 Å². The third-order valence-corrected chi connectivity index (χ3v) is 3.94. The lowest BCUT2D eigenvalue weighted by Gasteiger charge is -2.17. The lowest BCUT2D eigenvalue weighted by Crippen LogP contribution is -2.13. The van der Waals surface area contributed by atoms with Crippen molar-refractivity contribution in [2.75, 3.05) is 0 Å². The van der Waals surface area contributed by atoms with Crippen LogP contribution in [0.25, 0.3) is 11.1 Å². The van der Waals surface area contributed by atoms with Crippen LogP contribution in [0, 0.1) is 12.7 Å². The smallest absolute Gasteiger partial charge is 0.417 e. The van der Waals surface area contributed by atoms with Gasteiger partial charge in [0.15, 0.2) is 0 Å². The molecule has 0 spiro atoms. The predicted molar refractivity (Wildman–Crippen MR) is 82.2 cm³/mol. The fourth-order valence-corrected chi connectivity index (χ4v) is 2.58. The number of hydrogen-bond acceptors (Lipinski definition) is 1. The fourth-order valence-electron chi connectivity index (χ4n) is 2.58. The fraction of sp³-hybridized carbons (Fsp3) is 0.278. The van der Waals surface area contributed by atoms with Crippen molar-refractivity contribution in [2.45, 2.75) is 32.4 Å². The average molecular weight is 340 g/mol. The third-order valence-electron chi connectivity index (χ3n) is 3.94. The number of benzene rings is 2. The Morgan fingerprint density at radius 3 is 2.33 bits per heavy atom. The van der Waals surface area contributed by atoms with E-state index in [1.807, 2.05) is 0 Å². The average Bonchev–Trinajstić information content (AvgIpc) is 2.49. The largest absolute Gasteiger partial charge is 0.481 e. The van der Waals surface area contributed by atoms with Gasteiger partial charge in [-0.25, -0.2) is 4.39 Å². The zero-order chi connectivity index (χ0) is 18.1. The summed E-state index contributed by atoms with van der Waals surface area (Å²) in [6.45, 7) is 3.11. The first-order valence-electron chi connectivity index (χ1n) is 7.35. The van der Waals surface area contributed by atoms with Crippen molar-refractivity contribution in [1.82, 2.24) is 0 Å². The van der Waals surface area contributed by atoms with Crippen LogP contribution >= 0.6 is 0 Å². The molecule has 0 heterocycles. The quantitative estimate of drug-likeness (QED) is 0.757. The monoisotopic (exact) mass is 340 g/mol. The molecule has 1 atom stereocenters. The van der Waals surface area contributed by atoms with Crippen molar-refractivity contribution in [3.05, 3.63) is 58.9 Å². The van der Waals surface area contributed by atoms with Crippen molar-refractivity contribution in [1.29, 1.82) is 0 Å². The molecule has 0 radical (unpaired) electrons. The number of hydrogen-bond donors (Lipinski definition) is 1. The molecule has 1 unspecified atom stereocenters. The number of rotatable bonds is 4. The van der Waals surface area contributed by atoms with Crippen LogP contribution < -0.4 is 0 Å². The summed E-state index contributed by atoms with van der Waals surface area (Å²) in [4.78, 5) is 11.2. The molecule has 0 fully saturated rings. The molecule has 0 saturated heterocycles. The second-order valence-electron chi connectivity index (χ2n) is 5.57. The van der Waals surface area contributed by atoms with Gasteiger partial charge in [-0.3, -0.25) is 4.79 Å². The van der Waals surface area contributed by atoms with Crippen molar-refractivity contribution in [3.63, 3.8) is 0 Å². The van der Waals surface area contributed by atoms with Gasteiger partial charge in [0, 0.05) is 0 Å². The van der Waals surface area contributed by atoms with Gasteiger partial charge in [0.25, 0.3) is 0 Å². The van der Waals surface area contributed by atoms with E-state index in [1.54, 1.807) is 6.92 Å². The highest BCUT2D eigenvalue weighted by Crippen LogP contribution is 2.39. The Bertz CT molecular complexity index is 766. The lowest BCUT2D eigenvalue weighted by atomic mass is 9.90. The number of halogens is 4. The van der Waals surface area contributed by atoms with E-state index < -0.39 is 29.4 Å².